The lowest BCUT2D eigenvalue weighted by molar-refractivity contribution is -0.138. The van der Waals surface area contributed by atoms with Crippen LogP contribution >= 0.6 is 23.5 Å². The molecule has 230 valence electrons. The molecule has 10 nitrogen and oxygen atoms in total. The van der Waals surface area contributed by atoms with Gasteiger partial charge in [-0.15, -0.1) is 23.5 Å². The predicted octanol–water partition coefficient (Wildman–Crippen LogP) is 5.05. The van der Waals surface area contributed by atoms with Crippen molar-refractivity contribution < 1.29 is 19.8 Å². The third-order valence-corrected chi connectivity index (χ3v) is 10.9. The molecule has 3 aromatic heterocycles. The SMILES string of the molecule is Cc1c2nc(c(C)c3ccc([nH]3)c(C)c3cc(CC(SCC(N)C(=O)O)SCC(N)C(=O)O)c([nH]3)c(C)c3nc1C=C3)C=C2. The van der Waals surface area contributed by atoms with Crippen molar-refractivity contribution >= 4 is 81.8 Å². The fraction of sp³-hybridized carbons (Fsp3) is 0.312. The molecular weight excluding hydrogens is 597 g/mol. The summed E-state index contributed by atoms with van der Waals surface area (Å²) in [6, 6.07) is 4.16. The Hall–Kier alpha value is -3.84. The highest BCUT2D eigenvalue weighted by atomic mass is 32.2. The topological polar surface area (TPSA) is 184 Å². The van der Waals surface area contributed by atoms with Gasteiger partial charge in [-0.2, -0.15) is 0 Å². The number of carboxylic acids is 2. The summed E-state index contributed by atoms with van der Waals surface area (Å²) in [4.78, 5) is 39.9. The van der Waals surface area contributed by atoms with Crippen LogP contribution in [-0.4, -0.2) is 70.3 Å². The molecule has 8 N–H and O–H groups in total. The minimum Gasteiger partial charge on any atom is -0.480 e. The summed E-state index contributed by atoms with van der Waals surface area (Å²) in [5.74, 6) is -1.81. The van der Waals surface area contributed by atoms with Gasteiger partial charge in [0.25, 0.3) is 0 Å². The fourth-order valence-electron chi connectivity index (χ4n) is 5.04. The van der Waals surface area contributed by atoms with Crippen LogP contribution in [0.5, 0.6) is 0 Å². The van der Waals surface area contributed by atoms with E-state index in [2.05, 4.69) is 42.0 Å². The number of aliphatic carboxylic acids is 2. The molecule has 0 spiro atoms. The Kier molecular flexibility index (Phi) is 9.35. The molecule has 0 radical (unpaired) electrons. The average Bonchev–Trinajstić information content (AvgIpc) is 3.82. The van der Waals surface area contributed by atoms with Gasteiger partial charge in [0.1, 0.15) is 12.1 Å². The lowest BCUT2D eigenvalue weighted by Crippen LogP contribution is -2.34. The molecule has 12 heteroatoms. The van der Waals surface area contributed by atoms with E-state index in [1.807, 2.05) is 38.2 Å². The van der Waals surface area contributed by atoms with Crippen molar-refractivity contribution in [3.63, 3.8) is 0 Å². The third-order valence-electron chi connectivity index (χ3n) is 7.93. The zero-order valence-corrected chi connectivity index (χ0v) is 26.6. The number of rotatable bonds is 10. The van der Waals surface area contributed by atoms with Gasteiger partial charge in [-0.05, 0) is 98.9 Å². The smallest absolute Gasteiger partial charge is 0.321 e. The van der Waals surface area contributed by atoms with Crippen molar-refractivity contribution in [3.8, 4) is 0 Å². The molecule has 3 aromatic rings. The molecule has 8 bridgehead atoms. The van der Waals surface area contributed by atoms with Gasteiger partial charge in [0.15, 0.2) is 0 Å². The van der Waals surface area contributed by atoms with E-state index >= 15 is 0 Å². The maximum absolute atomic E-state index is 11.4. The van der Waals surface area contributed by atoms with E-state index in [9.17, 15) is 19.8 Å². The number of nitrogens with one attached hydrogen (secondary N) is 2. The summed E-state index contributed by atoms with van der Waals surface area (Å²) >= 11 is 2.79. The highest BCUT2D eigenvalue weighted by Gasteiger charge is 2.22. The molecule has 0 aliphatic carbocycles. The van der Waals surface area contributed by atoms with E-state index in [1.165, 1.54) is 23.5 Å². The van der Waals surface area contributed by atoms with E-state index in [-0.39, 0.29) is 16.1 Å². The number of thioether (sulfide) groups is 2. The zero-order chi connectivity index (χ0) is 31.7. The average molecular weight is 633 g/mol. The molecular formula is C32H36N6O4S2. The Bertz CT molecular complexity index is 1830. The number of H-pyrrole nitrogens is 2. The highest BCUT2D eigenvalue weighted by Crippen LogP contribution is 2.33. The monoisotopic (exact) mass is 632 g/mol. The summed E-state index contributed by atoms with van der Waals surface area (Å²) in [6.07, 6.45) is 8.59. The molecule has 0 amide bonds. The second-order valence-electron chi connectivity index (χ2n) is 11.0. The summed E-state index contributed by atoms with van der Waals surface area (Å²) in [7, 11) is 0. The Morgan fingerprint density at radius 1 is 0.727 bits per heavy atom. The van der Waals surface area contributed by atoms with Gasteiger partial charge >= 0.3 is 11.9 Å². The van der Waals surface area contributed by atoms with Gasteiger partial charge in [-0.3, -0.25) is 9.59 Å². The molecule has 44 heavy (non-hydrogen) atoms. The van der Waals surface area contributed by atoms with Crippen molar-refractivity contribution in [1.29, 1.82) is 0 Å². The molecule has 0 saturated carbocycles. The van der Waals surface area contributed by atoms with Crippen LogP contribution in [0, 0.1) is 27.7 Å². The molecule has 2 unspecified atom stereocenters. The number of fused-ring (bicyclic) bond motifs is 8. The number of hydrogen-bond donors (Lipinski definition) is 6. The van der Waals surface area contributed by atoms with Gasteiger partial charge in [0.2, 0.25) is 0 Å². The molecule has 5 heterocycles. The van der Waals surface area contributed by atoms with Crippen LogP contribution < -0.4 is 11.5 Å². The molecule has 0 fully saturated rings. The van der Waals surface area contributed by atoms with E-state index in [0.29, 0.717) is 6.42 Å². The standard InChI is InChI=1S/C32H36N6O4S2/c1-15-22-5-6-23(35-22)16(2)25-9-10-27(37-25)18(4)30-19(11-28(38-30)17(3)26-8-7-24(15)36-26)12-29(43-13-20(33)31(39)40)44-14-21(34)32(41)42/h5-11,20-21,29,36,38H,12-14,33-34H2,1-4H3,(H,39,40)(H,41,42). The molecule has 2 aliphatic rings. The van der Waals surface area contributed by atoms with Crippen LogP contribution in [0.3, 0.4) is 0 Å². The predicted molar refractivity (Wildman–Crippen MR) is 181 cm³/mol. The van der Waals surface area contributed by atoms with E-state index < -0.39 is 24.0 Å². The summed E-state index contributed by atoms with van der Waals surface area (Å²) < 4.78 is -0.194. The summed E-state index contributed by atoms with van der Waals surface area (Å²) in [5.41, 5.74) is 23.9. The maximum atomic E-state index is 11.4. The van der Waals surface area contributed by atoms with Crippen LogP contribution in [0.15, 0.2) is 18.2 Å². The van der Waals surface area contributed by atoms with E-state index in [0.717, 1.165) is 72.7 Å². The van der Waals surface area contributed by atoms with E-state index in [4.69, 9.17) is 21.4 Å². The molecule has 0 saturated heterocycles. The normalized spacial score (nSPS) is 14.5. The van der Waals surface area contributed by atoms with Crippen molar-refractivity contribution in [3.05, 3.63) is 68.8 Å². The van der Waals surface area contributed by atoms with Gasteiger partial charge in [-0.1, -0.05) is 0 Å². The number of aromatic amines is 2. The largest absolute Gasteiger partial charge is 0.480 e. The molecule has 2 atom stereocenters. The van der Waals surface area contributed by atoms with Crippen LogP contribution in [0.2, 0.25) is 0 Å². The number of carbonyl (C=O) groups is 2. The molecule has 5 rings (SSSR count). The first-order valence-electron chi connectivity index (χ1n) is 14.2. The van der Waals surface area contributed by atoms with Gasteiger partial charge < -0.3 is 31.6 Å². The van der Waals surface area contributed by atoms with Gasteiger partial charge in [0.05, 0.1) is 27.4 Å². The number of aromatic nitrogens is 4. The zero-order valence-electron chi connectivity index (χ0n) is 25.0. The van der Waals surface area contributed by atoms with Crippen molar-refractivity contribution in [1.82, 2.24) is 19.9 Å². The number of carboxylic acid groups (broad SMARTS) is 2. The number of nitrogens with two attached hydrogens (primary N) is 2. The Balaban J connectivity index is 1.69. The van der Waals surface area contributed by atoms with Crippen LogP contribution in [0.25, 0.3) is 46.4 Å². The van der Waals surface area contributed by atoms with Gasteiger partial charge in [-0.25, -0.2) is 9.97 Å². The third kappa shape index (κ3) is 6.63. The molecule has 0 aromatic carbocycles. The molecule has 2 aliphatic heterocycles. The number of nitrogens with zero attached hydrogens (tertiary/aromatic N) is 2. The Labute approximate surface area is 263 Å². The number of aryl methyl sites for hydroxylation is 3. The number of hydrogen-bond acceptors (Lipinski definition) is 8. The Morgan fingerprint density at radius 2 is 1.20 bits per heavy atom. The first kappa shape index (κ1) is 31.6. The maximum Gasteiger partial charge on any atom is 0.321 e. The second-order valence-corrected chi connectivity index (χ2v) is 13.8. The summed E-state index contributed by atoms with van der Waals surface area (Å²) in [6.45, 7) is 8.16. The highest BCUT2D eigenvalue weighted by molar-refractivity contribution is 8.17. The quantitative estimate of drug-likeness (QED) is 0.114. The lowest BCUT2D eigenvalue weighted by Gasteiger charge is -2.18. The second kappa shape index (κ2) is 13.0. The van der Waals surface area contributed by atoms with Crippen molar-refractivity contribution in [2.24, 2.45) is 11.5 Å². The first-order chi connectivity index (χ1) is 20.9. The lowest BCUT2D eigenvalue weighted by atomic mass is 10.1. The van der Waals surface area contributed by atoms with Gasteiger partial charge in [0, 0.05) is 39.1 Å². The van der Waals surface area contributed by atoms with Crippen LogP contribution in [0.1, 0.15) is 50.6 Å². The van der Waals surface area contributed by atoms with Crippen LogP contribution in [-0.2, 0) is 16.0 Å². The fourth-order valence-corrected chi connectivity index (χ4v) is 7.62. The summed E-state index contributed by atoms with van der Waals surface area (Å²) in [5, 5.41) is 18.7. The minimum absolute atomic E-state index is 0.178. The van der Waals surface area contributed by atoms with Crippen LogP contribution in [0.4, 0.5) is 0 Å². The minimum atomic E-state index is -1.08. The van der Waals surface area contributed by atoms with Crippen molar-refractivity contribution in [2.75, 3.05) is 11.5 Å². The Morgan fingerprint density at radius 3 is 1.73 bits per heavy atom. The first-order valence-corrected chi connectivity index (χ1v) is 16.3. The van der Waals surface area contributed by atoms with E-state index in [1.54, 1.807) is 0 Å². The van der Waals surface area contributed by atoms with Crippen molar-refractivity contribution in [2.45, 2.75) is 50.8 Å².